The van der Waals surface area contributed by atoms with Gasteiger partial charge in [0, 0.05) is 12.1 Å². The van der Waals surface area contributed by atoms with Gasteiger partial charge in [0.15, 0.2) is 5.15 Å². The second-order valence-corrected chi connectivity index (χ2v) is 5.20. The Morgan fingerprint density at radius 3 is 2.95 bits per heavy atom. The van der Waals surface area contributed by atoms with Crippen molar-refractivity contribution in [2.24, 2.45) is 0 Å². The standard InChI is InChI=1S/C14H13ClN2O3/c15-12-11-10(14(19)20)5-2-6-17(11)13(16-12)8-3-1-4-9(18)7-8/h1,3-4,7,10,18H,2,5-6H2,(H,19,20). The van der Waals surface area contributed by atoms with Crippen LogP contribution in [-0.4, -0.2) is 25.7 Å². The molecule has 20 heavy (non-hydrogen) atoms. The molecule has 0 saturated carbocycles. The minimum absolute atomic E-state index is 0.140. The molecule has 104 valence electrons. The average Bonchev–Trinajstić information content (AvgIpc) is 2.76. The summed E-state index contributed by atoms with van der Waals surface area (Å²) < 4.78 is 1.85. The molecule has 0 bridgehead atoms. The molecule has 5 nitrogen and oxygen atoms in total. The molecule has 0 radical (unpaired) electrons. The SMILES string of the molecule is O=C(O)C1CCCn2c(-c3cccc(O)c3)nc(Cl)c21. The summed E-state index contributed by atoms with van der Waals surface area (Å²) in [5.74, 6) is -0.751. The molecule has 1 aromatic heterocycles. The van der Waals surface area contributed by atoms with Gasteiger partial charge < -0.3 is 14.8 Å². The van der Waals surface area contributed by atoms with Crippen LogP contribution in [0.4, 0.5) is 0 Å². The van der Waals surface area contributed by atoms with Gasteiger partial charge in [0.05, 0.1) is 5.69 Å². The van der Waals surface area contributed by atoms with E-state index in [0.29, 0.717) is 24.5 Å². The molecule has 0 saturated heterocycles. The number of imidazole rings is 1. The number of nitrogens with zero attached hydrogens (tertiary/aromatic N) is 2. The van der Waals surface area contributed by atoms with Gasteiger partial charge in [0.2, 0.25) is 0 Å². The first kappa shape index (κ1) is 13.0. The first-order chi connectivity index (χ1) is 9.58. The number of benzene rings is 1. The van der Waals surface area contributed by atoms with E-state index in [9.17, 15) is 15.0 Å². The van der Waals surface area contributed by atoms with Crippen LogP contribution in [-0.2, 0) is 11.3 Å². The summed E-state index contributed by atoms with van der Waals surface area (Å²) in [5.41, 5.74) is 1.29. The first-order valence-corrected chi connectivity index (χ1v) is 6.74. The zero-order valence-electron chi connectivity index (χ0n) is 10.6. The highest BCUT2D eigenvalue weighted by molar-refractivity contribution is 6.30. The smallest absolute Gasteiger partial charge is 0.312 e. The maximum atomic E-state index is 11.3. The van der Waals surface area contributed by atoms with Crippen LogP contribution in [0.2, 0.25) is 5.15 Å². The predicted octanol–water partition coefficient (Wildman–Crippen LogP) is 2.87. The van der Waals surface area contributed by atoms with Crippen molar-refractivity contribution in [3.63, 3.8) is 0 Å². The van der Waals surface area contributed by atoms with E-state index in [1.807, 2.05) is 10.6 Å². The normalized spacial score (nSPS) is 17.8. The molecule has 2 N–H and O–H groups in total. The largest absolute Gasteiger partial charge is 0.508 e. The van der Waals surface area contributed by atoms with Gasteiger partial charge in [-0.15, -0.1) is 0 Å². The molecule has 0 amide bonds. The van der Waals surface area contributed by atoms with Gasteiger partial charge in [-0.2, -0.15) is 0 Å². The third kappa shape index (κ3) is 2.04. The van der Waals surface area contributed by atoms with Gasteiger partial charge in [-0.1, -0.05) is 23.7 Å². The van der Waals surface area contributed by atoms with E-state index in [1.165, 1.54) is 0 Å². The number of carbonyl (C=O) groups is 1. The highest BCUT2D eigenvalue weighted by Crippen LogP contribution is 2.37. The number of aromatic hydroxyl groups is 1. The molecule has 1 unspecified atom stereocenters. The molecule has 3 rings (SSSR count). The summed E-state index contributed by atoms with van der Waals surface area (Å²) in [6.07, 6.45) is 1.34. The van der Waals surface area contributed by atoms with E-state index < -0.39 is 11.9 Å². The van der Waals surface area contributed by atoms with Crippen molar-refractivity contribution in [3.05, 3.63) is 35.1 Å². The van der Waals surface area contributed by atoms with Crippen molar-refractivity contribution in [2.45, 2.75) is 25.3 Å². The molecule has 0 aliphatic carbocycles. The molecular formula is C14H13ClN2O3. The van der Waals surface area contributed by atoms with Gasteiger partial charge in [0.1, 0.15) is 17.5 Å². The molecule has 1 aliphatic rings. The van der Waals surface area contributed by atoms with E-state index >= 15 is 0 Å². The zero-order chi connectivity index (χ0) is 14.3. The Morgan fingerprint density at radius 2 is 2.25 bits per heavy atom. The molecule has 1 aliphatic heterocycles. The predicted molar refractivity (Wildman–Crippen MR) is 73.9 cm³/mol. The van der Waals surface area contributed by atoms with Crippen molar-refractivity contribution in [1.29, 1.82) is 0 Å². The molecule has 0 fully saturated rings. The summed E-state index contributed by atoms with van der Waals surface area (Å²) in [4.78, 5) is 15.6. The quantitative estimate of drug-likeness (QED) is 0.892. The number of hydrogen-bond acceptors (Lipinski definition) is 3. The molecule has 6 heteroatoms. The van der Waals surface area contributed by atoms with E-state index in [-0.39, 0.29) is 10.9 Å². The highest BCUT2D eigenvalue weighted by Gasteiger charge is 2.32. The lowest BCUT2D eigenvalue weighted by Gasteiger charge is -2.22. The molecule has 2 heterocycles. The number of carboxylic acid groups (broad SMARTS) is 1. The van der Waals surface area contributed by atoms with Gasteiger partial charge in [0.25, 0.3) is 0 Å². The highest BCUT2D eigenvalue weighted by atomic mass is 35.5. The lowest BCUT2D eigenvalue weighted by atomic mass is 9.96. The number of phenols is 1. The average molecular weight is 293 g/mol. The Balaban J connectivity index is 2.16. The van der Waals surface area contributed by atoms with E-state index in [1.54, 1.807) is 18.2 Å². The third-order valence-corrected chi connectivity index (χ3v) is 3.85. The van der Waals surface area contributed by atoms with Gasteiger partial charge in [-0.05, 0) is 25.0 Å². The summed E-state index contributed by atoms with van der Waals surface area (Å²) in [5, 5.41) is 19.1. The van der Waals surface area contributed by atoms with Crippen molar-refractivity contribution in [3.8, 4) is 17.1 Å². The lowest BCUT2D eigenvalue weighted by Crippen LogP contribution is -2.22. The summed E-state index contributed by atoms with van der Waals surface area (Å²) in [6.45, 7) is 0.684. The van der Waals surface area contributed by atoms with E-state index in [2.05, 4.69) is 4.98 Å². The number of hydrogen-bond donors (Lipinski definition) is 2. The van der Waals surface area contributed by atoms with Crippen LogP contribution >= 0.6 is 11.6 Å². The van der Waals surface area contributed by atoms with Crippen molar-refractivity contribution in [1.82, 2.24) is 9.55 Å². The Hall–Kier alpha value is -2.01. The monoisotopic (exact) mass is 292 g/mol. The van der Waals surface area contributed by atoms with Crippen molar-refractivity contribution in [2.75, 3.05) is 0 Å². The number of aromatic nitrogens is 2. The summed E-state index contributed by atoms with van der Waals surface area (Å²) >= 11 is 6.13. The maximum absolute atomic E-state index is 11.3. The Labute approximate surface area is 120 Å². The number of fused-ring (bicyclic) bond motifs is 1. The van der Waals surface area contributed by atoms with Gasteiger partial charge in [-0.3, -0.25) is 4.79 Å². The van der Waals surface area contributed by atoms with Crippen molar-refractivity contribution >= 4 is 17.6 Å². The Morgan fingerprint density at radius 1 is 1.45 bits per heavy atom. The Bertz CT molecular complexity index is 681. The minimum atomic E-state index is -0.879. The molecular weight excluding hydrogens is 280 g/mol. The fraction of sp³-hybridized carbons (Fsp3) is 0.286. The number of phenolic OH excluding ortho intramolecular Hbond substituents is 1. The number of carboxylic acids is 1. The second-order valence-electron chi connectivity index (χ2n) is 4.85. The number of rotatable bonds is 2. The topological polar surface area (TPSA) is 75.3 Å². The number of halogens is 1. The molecule has 2 aromatic rings. The van der Waals surface area contributed by atoms with Crippen LogP contribution in [0.5, 0.6) is 5.75 Å². The van der Waals surface area contributed by atoms with Crippen LogP contribution in [0.3, 0.4) is 0 Å². The van der Waals surface area contributed by atoms with Crippen molar-refractivity contribution < 1.29 is 15.0 Å². The van der Waals surface area contributed by atoms with E-state index in [0.717, 1.165) is 12.0 Å². The number of aliphatic carboxylic acids is 1. The Kier molecular flexibility index (Phi) is 3.14. The minimum Gasteiger partial charge on any atom is -0.508 e. The van der Waals surface area contributed by atoms with Crippen LogP contribution < -0.4 is 0 Å². The summed E-state index contributed by atoms with van der Waals surface area (Å²) in [7, 11) is 0. The molecule has 0 spiro atoms. The lowest BCUT2D eigenvalue weighted by molar-refractivity contribution is -0.139. The summed E-state index contributed by atoms with van der Waals surface area (Å²) in [6, 6.07) is 6.70. The fourth-order valence-corrected chi connectivity index (χ4v) is 3.00. The van der Waals surface area contributed by atoms with Crippen LogP contribution in [0.1, 0.15) is 24.5 Å². The first-order valence-electron chi connectivity index (χ1n) is 6.36. The second kappa shape index (κ2) is 4.83. The van der Waals surface area contributed by atoms with Crippen LogP contribution in [0, 0.1) is 0 Å². The maximum Gasteiger partial charge on any atom is 0.312 e. The fourth-order valence-electron chi connectivity index (χ4n) is 2.69. The molecule has 1 aromatic carbocycles. The van der Waals surface area contributed by atoms with Crippen LogP contribution in [0.25, 0.3) is 11.4 Å². The molecule has 1 atom stereocenters. The van der Waals surface area contributed by atoms with Gasteiger partial charge >= 0.3 is 5.97 Å². The van der Waals surface area contributed by atoms with Crippen LogP contribution in [0.15, 0.2) is 24.3 Å². The third-order valence-electron chi connectivity index (χ3n) is 3.57. The van der Waals surface area contributed by atoms with Gasteiger partial charge in [-0.25, -0.2) is 4.98 Å². The van der Waals surface area contributed by atoms with E-state index in [4.69, 9.17) is 11.6 Å². The zero-order valence-corrected chi connectivity index (χ0v) is 11.3.